The third-order valence-corrected chi connectivity index (χ3v) is 1.94. The van der Waals surface area contributed by atoms with Crippen LogP contribution in [0.3, 0.4) is 0 Å². The average Bonchev–Trinajstić information content (AvgIpc) is 2.17. The molecule has 1 heterocycles. The number of hydrogen-bond acceptors (Lipinski definition) is 3. The fourth-order valence-electron chi connectivity index (χ4n) is 1.02. The summed E-state index contributed by atoms with van der Waals surface area (Å²) in [6.07, 6.45) is -5.01. The summed E-state index contributed by atoms with van der Waals surface area (Å²) >= 11 is 5.30. The summed E-state index contributed by atoms with van der Waals surface area (Å²) in [6.45, 7) is 0. The molecule has 0 saturated heterocycles. The molecule has 0 atom stereocenters. The van der Waals surface area contributed by atoms with Gasteiger partial charge in [0.2, 0.25) is 0 Å². The highest BCUT2D eigenvalue weighted by Gasteiger charge is 2.33. The van der Waals surface area contributed by atoms with E-state index in [4.69, 9.17) is 16.7 Å². The maximum Gasteiger partial charge on any atom is 0.573 e. The molecular formula is C8H5ClF3NO4. The lowest BCUT2D eigenvalue weighted by Crippen LogP contribution is -2.23. The predicted molar refractivity (Wildman–Crippen MR) is 50.3 cm³/mol. The van der Waals surface area contributed by atoms with Crippen molar-refractivity contribution in [2.75, 3.05) is 0 Å². The van der Waals surface area contributed by atoms with Gasteiger partial charge in [0.1, 0.15) is 5.56 Å². The fourth-order valence-corrected chi connectivity index (χ4v) is 1.22. The van der Waals surface area contributed by atoms with E-state index in [0.717, 1.165) is 0 Å². The Kier molecular flexibility index (Phi) is 3.66. The Balaban J connectivity index is 3.32. The monoisotopic (exact) mass is 271 g/mol. The molecule has 0 radical (unpaired) electrons. The van der Waals surface area contributed by atoms with E-state index in [1.165, 1.54) is 0 Å². The SMILES string of the molecule is O=C(O)c1cc(OC(F)(F)F)c(CCl)[nH]c1=O. The molecule has 0 fully saturated rings. The van der Waals surface area contributed by atoms with Gasteiger partial charge in [-0.2, -0.15) is 0 Å². The van der Waals surface area contributed by atoms with E-state index in [-0.39, 0.29) is 5.69 Å². The van der Waals surface area contributed by atoms with E-state index in [1.54, 1.807) is 0 Å². The van der Waals surface area contributed by atoms with Crippen LogP contribution in [0.2, 0.25) is 0 Å². The molecule has 0 aliphatic rings. The standard InChI is InChI=1S/C8H5ClF3NO4/c9-2-4-5(17-8(10,11)12)1-3(7(15)16)6(14)13-4/h1H,2H2,(H,13,14)(H,15,16). The molecule has 0 aromatic carbocycles. The first-order chi connectivity index (χ1) is 7.74. The zero-order chi connectivity index (χ0) is 13.2. The first-order valence-corrected chi connectivity index (χ1v) is 4.59. The maximum absolute atomic E-state index is 12.0. The lowest BCUT2D eigenvalue weighted by atomic mass is 10.2. The minimum atomic E-state index is -5.01. The number of aromatic nitrogens is 1. The van der Waals surface area contributed by atoms with Crippen molar-refractivity contribution in [2.45, 2.75) is 12.2 Å². The number of nitrogens with one attached hydrogen (secondary N) is 1. The number of hydrogen-bond donors (Lipinski definition) is 2. The van der Waals surface area contributed by atoms with Gasteiger partial charge in [-0.15, -0.1) is 24.8 Å². The minimum Gasteiger partial charge on any atom is -0.477 e. The number of alkyl halides is 4. The Bertz CT molecular complexity index is 497. The van der Waals surface area contributed by atoms with Crippen LogP contribution < -0.4 is 10.3 Å². The first kappa shape index (κ1) is 13.4. The third-order valence-electron chi connectivity index (χ3n) is 1.67. The lowest BCUT2D eigenvalue weighted by molar-refractivity contribution is -0.275. The van der Waals surface area contributed by atoms with E-state index < -0.39 is 35.1 Å². The predicted octanol–water partition coefficient (Wildman–Crippen LogP) is 1.71. The number of ether oxygens (including phenoxy) is 1. The summed E-state index contributed by atoms with van der Waals surface area (Å²) in [7, 11) is 0. The number of carboxylic acid groups (broad SMARTS) is 1. The molecule has 0 saturated carbocycles. The summed E-state index contributed by atoms with van der Waals surface area (Å²) in [6, 6.07) is 0.479. The molecule has 0 aliphatic carbocycles. The number of carbonyl (C=O) groups is 1. The minimum absolute atomic E-state index is 0.348. The van der Waals surface area contributed by atoms with E-state index >= 15 is 0 Å². The molecule has 0 unspecified atom stereocenters. The van der Waals surface area contributed by atoms with Crippen molar-refractivity contribution < 1.29 is 27.8 Å². The van der Waals surface area contributed by atoms with Gasteiger partial charge in [-0.1, -0.05) is 0 Å². The van der Waals surface area contributed by atoms with Crippen molar-refractivity contribution in [2.24, 2.45) is 0 Å². The molecule has 1 aromatic heterocycles. The first-order valence-electron chi connectivity index (χ1n) is 4.06. The van der Waals surface area contributed by atoms with Crippen LogP contribution >= 0.6 is 11.6 Å². The Morgan fingerprint density at radius 3 is 2.53 bits per heavy atom. The molecule has 1 aromatic rings. The van der Waals surface area contributed by atoms with Crippen LogP contribution in [-0.2, 0) is 5.88 Å². The van der Waals surface area contributed by atoms with Crippen LogP contribution in [0.25, 0.3) is 0 Å². The summed E-state index contributed by atoms with van der Waals surface area (Å²) in [5, 5.41) is 8.56. The molecule has 1 rings (SSSR count). The number of rotatable bonds is 3. The van der Waals surface area contributed by atoms with Gasteiger partial charge >= 0.3 is 12.3 Å². The Hall–Kier alpha value is -1.70. The molecular weight excluding hydrogens is 267 g/mol. The van der Waals surface area contributed by atoms with Crippen molar-refractivity contribution in [3.05, 3.63) is 27.7 Å². The van der Waals surface area contributed by atoms with Crippen molar-refractivity contribution in [1.29, 1.82) is 0 Å². The highest BCUT2D eigenvalue weighted by molar-refractivity contribution is 6.17. The normalized spacial score (nSPS) is 11.3. The van der Waals surface area contributed by atoms with Crippen LogP contribution in [0, 0.1) is 0 Å². The number of H-pyrrole nitrogens is 1. The maximum atomic E-state index is 12.0. The molecule has 0 aliphatic heterocycles. The largest absolute Gasteiger partial charge is 0.573 e. The van der Waals surface area contributed by atoms with Gasteiger partial charge in [-0.25, -0.2) is 4.79 Å². The molecule has 0 bridgehead atoms. The zero-order valence-corrected chi connectivity index (χ0v) is 8.72. The number of pyridine rings is 1. The second kappa shape index (κ2) is 4.66. The average molecular weight is 272 g/mol. The summed E-state index contributed by atoms with van der Waals surface area (Å²) < 4.78 is 39.5. The van der Waals surface area contributed by atoms with E-state index in [1.807, 2.05) is 4.98 Å². The smallest absolute Gasteiger partial charge is 0.477 e. The van der Waals surface area contributed by atoms with Crippen molar-refractivity contribution in [3.63, 3.8) is 0 Å². The molecule has 17 heavy (non-hydrogen) atoms. The summed E-state index contributed by atoms with van der Waals surface area (Å²) in [5.74, 6) is -2.97. The zero-order valence-electron chi connectivity index (χ0n) is 7.97. The molecule has 9 heteroatoms. The molecule has 2 N–H and O–H groups in total. The molecule has 94 valence electrons. The Morgan fingerprint density at radius 2 is 2.12 bits per heavy atom. The summed E-state index contributed by atoms with van der Waals surface area (Å²) in [5.41, 5.74) is -2.26. The van der Waals surface area contributed by atoms with Crippen LogP contribution in [0.4, 0.5) is 13.2 Å². The second-order valence-electron chi connectivity index (χ2n) is 2.84. The van der Waals surface area contributed by atoms with Gasteiger partial charge in [-0.3, -0.25) is 4.79 Å². The van der Waals surface area contributed by atoms with E-state index in [9.17, 15) is 22.8 Å². The fraction of sp³-hybridized carbons (Fsp3) is 0.250. The lowest BCUT2D eigenvalue weighted by Gasteiger charge is -2.12. The summed E-state index contributed by atoms with van der Waals surface area (Å²) in [4.78, 5) is 23.6. The van der Waals surface area contributed by atoms with Crippen molar-refractivity contribution >= 4 is 17.6 Å². The van der Waals surface area contributed by atoms with Gasteiger partial charge in [0.05, 0.1) is 11.6 Å². The van der Waals surface area contributed by atoms with Gasteiger partial charge in [-0.05, 0) is 0 Å². The highest BCUT2D eigenvalue weighted by atomic mass is 35.5. The van der Waals surface area contributed by atoms with Crippen LogP contribution in [0.5, 0.6) is 5.75 Å². The van der Waals surface area contributed by atoms with Gasteiger partial charge in [0.25, 0.3) is 5.56 Å². The van der Waals surface area contributed by atoms with Gasteiger partial charge in [0, 0.05) is 6.07 Å². The van der Waals surface area contributed by atoms with Crippen LogP contribution in [-0.4, -0.2) is 22.4 Å². The van der Waals surface area contributed by atoms with E-state index in [0.29, 0.717) is 6.07 Å². The molecule has 5 nitrogen and oxygen atoms in total. The number of carboxylic acids is 1. The molecule has 0 amide bonds. The van der Waals surface area contributed by atoms with Crippen LogP contribution in [0.1, 0.15) is 16.1 Å². The quantitative estimate of drug-likeness (QED) is 0.820. The number of aromatic amines is 1. The van der Waals surface area contributed by atoms with Gasteiger partial charge in [0.15, 0.2) is 5.75 Å². The Morgan fingerprint density at radius 1 is 1.53 bits per heavy atom. The van der Waals surface area contributed by atoms with Crippen molar-refractivity contribution in [1.82, 2.24) is 4.98 Å². The number of aromatic carboxylic acids is 1. The van der Waals surface area contributed by atoms with E-state index in [2.05, 4.69) is 4.74 Å². The molecule has 0 spiro atoms. The second-order valence-corrected chi connectivity index (χ2v) is 3.11. The third kappa shape index (κ3) is 3.38. The topological polar surface area (TPSA) is 79.4 Å². The number of halogens is 4. The van der Waals surface area contributed by atoms with Gasteiger partial charge < -0.3 is 14.8 Å². The Labute approximate surface area is 96.8 Å². The highest BCUT2D eigenvalue weighted by Crippen LogP contribution is 2.26. The van der Waals surface area contributed by atoms with Crippen LogP contribution in [0.15, 0.2) is 10.9 Å². The van der Waals surface area contributed by atoms with Crippen molar-refractivity contribution in [3.8, 4) is 5.75 Å².